The highest BCUT2D eigenvalue weighted by molar-refractivity contribution is 7.91. The van der Waals surface area contributed by atoms with Gasteiger partial charge in [-0.25, -0.2) is 8.42 Å². The molecule has 0 aliphatic heterocycles. The summed E-state index contributed by atoms with van der Waals surface area (Å²) in [5.41, 5.74) is -0.338. The molecule has 0 radical (unpaired) electrons. The zero-order valence-corrected chi connectivity index (χ0v) is 12.7. The van der Waals surface area contributed by atoms with Crippen LogP contribution in [0.25, 0.3) is 0 Å². The van der Waals surface area contributed by atoms with Gasteiger partial charge in [0.25, 0.3) is 0 Å². The van der Waals surface area contributed by atoms with Crippen molar-refractivity contribution in [2.75, 3.05) is 0 Å². The standard InChI is InChI=1S/C15H15ClO3S/c1-15(2,17)11-3-7-13(8-4-11)20(18,19)14-9-5-12(16)6-10-14/h3-10,17H,1-2H3. The topological polar surface area (TPSA) is 54.4 Å². The Morgan fingerprint density at radius 3 is 1.70 bits per heavy atom. The molecule has 2 aromatic carbocycles. The monoisotopic (exact) mass is 310 g/mol. The van der Waals surface area contributed by atoms with Gasteiger partial charge in [-0.1, -0.05) is 23.7 Å². The molecule has 0 aliphatic rings. The maximum absolute atomic E-state index is 12.4. The van der Waals surface area contributed by atoms with Crippen LogP contribution in [0.15, 0.2) is 58.3 Å². The maximum Gasteiger partial charge on any atom is 0.206 e. The van der Waals surface area contributed by atoms with Crippen molar-refractivity contribution in [1.29, 1.82) is 0 Å². The Kier molecular flexibility index (Phi) is 3.91. The Labute approximate surface area is 123 Å². The van der Waals surface area contributed by atoms with Crippen molar-refractivity contribution in [3.63, 3.8) is 0 Å². The predicted molar refractivity (Wildman–Crippen MR) is 78.6 cm³/mol. The molecule has 2 rings (SSSR count). The number of hydrogen-bond donors (Lipinski definition) is 1. The summed E-state index contributed by atoms with van der Waals surface area (Å²) in [7, 11) is -3.56. The van der Waals surface area contributed by atoms with Gasteiger partial charge in [-0.15, -0.1) is 0 Å². The first-order valence-corrected chi connectivity index (χ1v) is 7.91. The van der Waals surface area contributed by atoms with Gasteiger partial charge in [-0.2, -0.15) is 0 Å². The van der Waals surface area contributed by atoms with Crippen LogP contribution in [0.4, 0.5) is 0 Å². The lowest BCUT2D eigenvalue weighted by molar-refractivity contribution is 0.0785. The van der Waals surface area contributed by atoms with Crippen LogP contribution in [0.1, 0.15) is 19.4 Å². The fraction of sp³-hybridized carbons (Fsp3) is 0.200. The van der Waals surface area contributed by atoms with Crippen LogP contribution in [0.2, 0.25) is 5.02 Å². The fourth-order valence-corrected chi connectivity index (χ4v) is 3.18. The van der Waals surface area contributed by atoms with E-state index in [4.69, 9.17) is 11.6 Å². The SMILES string of the molecule is CC(C)(O)c1ccc(S(=O)(=O)c2ccc(Cl)cc2)cc1. The summed E-state index contributed by atoms with van der Waals surface area (Å²) in [6.07, 6.45) is 0. The molecule has 106 valence electrons. The molecule has 1 N–H and O–H groups in total. The van der Waals surface area contributed by atoms with E-state index in [0.717, 1.165) is 0 Å². The minimum atomic E-state index is -3.56. The van der Waals surface area contributed by atoms with E-state index >= 15 is 0 Å². The molecule has 0 spiro atoms. The number of hydrogen-bond acceptors (Lipinski definition) is 3. The smallest absolute Gasteiger partial charge is 0.206 e. The summed E-state index contributed by atoms with van der Waals surface area (Å²) in [5, 5.41) is 10.4. The number of sulfone groups is 1. The molecule has 0 bridgehead atoms. The molecule has 2 aromatic rings. The fourth-order valence-electron chi connectivity index (χ4n) is 1.79. The van der Waals surface area contributed by atoms with Gasteiger partial charge in [0.1, 0.15) is 0 Å². The molecule has 0 atom stereocenters. The minimum Gasteiger partial charge on any atom is -0.386 e. The van der Waals surface area contributed by atoms with Crippen LogP contribution in [-0.2, 0) is 15.4 Å². The Balaban J connectivity index is 2.42. The van der Waals surface area contributed by atoms with E-state index in [-0.39, 0.29) is 9.79 Å². The molecule has 0 saturated carbocycles. The largest absolute Gasteiger partial charge is 0.386 e. The second kappa shape index (κ2) is 5.20. The van der Waals surface area contributed by atoms with Gasteiger partial charge >= 0.3 is 0 Å². The number of benzene rings is 2. The van der Waals surface area contributed by atoms with E-state index in [0.29, 0.717) is 10.6 Å². The maximum atomic E-state index is 12.4. The van der Waals surface area contributed by atoms with Crippen molar-refractivity contribution >= 4 is 21.4 Å². The summed E-state index contributed by atoms with van der Waals surface area (Å²) < 4.78 is 24.8. The molecule has 0 aromatic heterocycles. The Bertz CT molecular complexity index is 696. The van der Waals surface area contributed by atoms with Gasteiger partial charge < -0.3 is 5.11 Å². The Morgan fingerprint density at radius 1 is 0.900 bits per heavy atom. The first kappa shape index (κ1) is 15.0. The van der Waals surface area contributed by atoms with Gasteiger partial charge in [0, 0.05) is 5.02 Å². The lowest BCUT2D eigenvalue weighted by Crippen LogP contribution is -2.15. The summed E-state index contributed by atoms with van der Waals surface area (Å²) in [6.45, 7) is 3.30. The molecule has 0 heterocycles. The Hall–Kier alpha value is -1.36. The normalized spacial score (nSPS) is 12.4. The average Bonchev–Trinajstić information content (AvgIpc) is 2.38. The van der Waals surface area contributed by atoms with E-state index in [1.54, 1.807) is 38.1 Å². The van der Waals surface area contributed by atoms with E-state index in [9.17, 15) is 13.5 Å². The van der Waals surface area contributed by atoms with Crippen LogP contribution >= 0.6 is 11.6 Å². The van der Waals surface area contributed by atoms with Gasteiger partial charge in [-0.05, 0) is 55.8 Å². The molecular formula is C15H15ClO3S. The van der Waals surface area contributed by atoms with E-state index in [2.05, 4.69) is 0 Å². The molecule has 20 heavy (non-hydrogen) atoms. The first-order chi connectivity index (χ1) is 9.21. The van der Waals surface area contributed by atoms with Gasteiger partial charge in [0.05, 0.1) is 15.4 Å². The quantitative estimate of drug-likeness (QED) is 0.945. The number of rotatable bonds is 3. The molecule has 0 unspecified atom stereocenters. The third-order valence-corrected chi connectivity index (χ3v) is 5.03. The van der Waals surface area contributed by atoms with Crippen molar-refractivity contribution in [2.45, 2.75) is 29.2 Å². The van der Waals surface area contributed by atoms with E-state index in [1.807, 2.05) is 0 Å². The second-order valence-corrected chi connectivity index (χ2v) is 7.43. The molecule has 5 heteroatoms. The highest BCUT2D eigenvalue weighted by Crippen LogP contribution is 2.25. The molecule has 0 saturated heterocycles. The summed E-state index contributed by atoms with van der Waals surface area (Å²) >= 11 is 5.76. The van der Waals surface area contributed by atoms with Gasteiger partial charge in [0.2, 0.25) is 9.84 Å². The highest BCUT2D eigenvalue weighted by Gasteiger charge is 2.20. The van der Waals surface area contributed by atoms with Gasteiger partial charge in [0.15, 0.2) is 0 Å². The average molecular weight is 311 g/mol. The first-order valence-electron chi connectivity index (χ1n) is 6.05. The molecule has 0 aliphatic carbocycles. The molecule has 3 nitrogen and oxygen atoms in total. The summed E-state index contributed by atoms with van der Waals surface area (Å²) in [4.78, 5) is 0.380. The highest BCUT2D eigenvalue weighted by atomic mass is 35.5. The van der Waals surface area contributed by atoms with Gasteiger partial charge in [-0.3, -0.25) is 0 Å². The van der Waals surface area contributed by atoms with Crippen LogP contribution in [0.5, 0.6) is 0 Å². The second-order valence-electron chi connectivity index (χ2n) is 5.04. The zero-order chi connectivity index (χ0) is 15.0. The third kappa shape index (κ3) is 3.03. The van der Waals surface area contributed by atoms with Crippen molar-refractivity contribution in [3.8, 4) is 0 Å². The Morgan fingerprint density at radius 2 is 1.30 bits per heavy atom. The lowest BCUT2D eigenvalue weighted by atomic mass is 9.99. The van der Waals surface area contributed by atoms with E-state index in [1.165, 1.54) is 24.3 Å². The van der Waals surface area contributed by atoms with Crippen molar-refractivity contribution in [2.24, 2.45) is 0 Å². The van der Waals surface area contributed by atoms with Crippen LogP contribution in [-0.4, -0.2) is 13.5 Å². The minimum absolute atomic E-state index is 0.188. The molecule has 0 amide bonds. The number of aliphatic hydroxyl groups is 1. The van der Waals surface area contributed by atoms with Crippen LogP contribution in [0.3, 0.4) is 0 Å². The summed E-state index contributed by atoms with van der Waals surface area (Å²) in [6, 6.07) is 12.3. The van der Waals surface area contributed by atoms with Crippen LogP contribution < -0.4 is 0 Å². The van der Waals surface area contributed by atoms with E-state index < -0.39 is 15.4 Å². The lowest BCUT2D eigenvalue weighted by Gasteiger charge is -2.17. The number of halogens is 1. The zero-order valence-electron chi connectivity index (χ0n) is 11.2. The van der Waals surface area contributed by atoms with Crippen molar-refractivity contribution < 1.29 is 13.5 Å². The van der Waals surface area contributed by atoms with Crippen molar-refractivity contribution in [1.82, 2.24) is 0 Å². The predicted octanol–water partition coefficient (Wildman–Crippen LogP) is 3.40. The molecule has 0 fully saturated rings. The molecular weight excluding hydrogens is 296 g/mol. The summed E-state index contributed by atoms with van der Waals surface area (Å²) in [5.74, 6) is 0. The third-order valence-electron chi connectivity index (χ3n) is 3.00. The van der Waals surface area contributed by atoms with Crippen LogP contribution in [0, 0.1) is 0 Å². The van der Waals surface area contributed by atoms with Crippen molar-refractivity contribution in [3.05, 3.63) is 59.1 Å².